The number of hydrogen-bond donors (Lipinski definition) is 7. The van der Waals surface area contributed by atoms with Gasteiger partial charge in [-0.05, 0) is 113 Å². The number of fused-ring (bicyclic) bond motifs is 6. The highest BCUT2D eigenvalue weighted by molar-refractivity contribution is 6.00. The smallest absolute Gasteiger partial charge is 0.255 e. The summed E-state index contributed by atoms with van der Waals surface area (Å²) in [6.45, 7) is 7.57. The number of likely N-dealkylation sites (N-methyl/N-ethyl adjacent to an activating group) is 1. The molecule has 3 aromatic carbocycles. The van der Waals surface area contributed by atoms with E-state index in [9.17, 15) is 29.2 Å². The third-order valence-electron chi connectivity index (χ3n) is 11.5. The van der Waals surface area contributed by atoms with E-state index in [1.807, 2.05) is 24.3 Å². The van der Waals surface area contributed by atoms with Crippen LogP contribution in [0.4, 0.5) is 0 Å². The molecule has 19 nitrogen and oxygen atoms in total. The van der Waals surface area contributed by atoms with Gasteiger partial charge in [-0.15, -0.1) is 0 Å². The van der Waals surface area contributed by atoms with E-state index < -0.39 is 53.7 Å². The van der Waals surface area contributed by atoms with Gasteiger partial charge < -0.3 is 57.6 Å². The minimum Gasteiger partial charge on any atom is -0.492 e. The number of ether oxygens (including phenoxy) is 3. The second kappa shape index (κ2) is 21.9. The molecule has 4 atom stereocenters. The molecule has 0 aliphatic carbocycles. The predicted molar refractivity (Wildman–Crippen MR) is 249 cm³/mol. The topological polar surface area (TPSA) is 292 Å². The molecule has 0 saturated heterocycles. The first-order valence-corrected chi connectivity index (χ1v) is 22.2. The highest BCUT2D eigenvalue weighted by Crippen LogP contribution is 2.40. The van der Waals surface area contributed by atoms with Gasteiger partial charge in [0.25, 0.3) is 5.91 Å². The van der Waals surface area contributed by atoms with Crippen LogP contribution in [0.2, 0.25) is 0 Å². The van der Waals surface area contributed by atoms with Crippen molar-refractivity contribution in [3.63, 3.8) is 0 Å². The van der Waals surface area contributed by atoms with Gasteiger partial charge in [-0.25, -0.2) is 9.97 Å². The number of aryl methyl sites for hydroxylation is 2. The van der Waals surface area contributed by atoms with E-state index >= 15 is 0 Å². The number of amides is 5. The van der Waals surface area contributed by atoms with Crippen LogP contribution in [-0.4, -0.2) is 115 Å². The summed E-state index contributed by atoms with van der Waals surface area (Å²) in [6.07, 6.45) is 3.09. The third kappa shape index (κ3) is 11.8. The van der Waals surface area contributed by atoms with E-state index in [0.29, 0.717) is 45.3 Å². The number of nitrogens with one attached hydrogen (secondary N) is 4. The zero-order chi connectivity index (χ0) is 48.4. The molecular formula is C48H59N11O8. The minimum atomic E-state index is -1.41. The van der Waals surface area contributed by atoms with Crippen molar-refractivity contribution in [3.05, 3.63) is 88.7 Å². The Morgan fingerprint density at radius 1 is 0.970 bits per heavy atom. The summed E-state index contributed by atoms with van der Waals surface area (Å²) in [5.74, 6) is -1.39. The summed E-state index contributed by atoms with van der Waals surface area (Å²) in [5, 5.41) is 19.9. The number of benzene rings is 3. The van der Waals surface area contributed by atoms with Crippen LogP contribution in [0, 0.1) is 18.3 Å². The van der Waals surface area contributed by atoms with E-state index in [1.165, 1.54) is 25.1 Å². The Morgan fingerprint density at radius 3 is 2.34 bits per heavy atom. The predicted octanol–water partition coefficient (Wildman–Crippen LogP) is 1.73. The highest BCUT2D eigenvalue weighted by Gasteiger charge is 2.36. The average Bonchev–Trinajstić information content (AvgIpc) is 3.30. The summed E-state index contributed by atoms with van der Waals surface area (Å²) in [5.41, 5.74) is 21.6. The molecule has 3 heterocycles. The maximum atomic E-state index is 14.7. The van der Waals surface area contributed by atoms with Crippen LogP contribution >= 0.6 is 0 Å². The Kier molecular flexibility index (Phi) is 16.1. The lowest BCUT2D eigenvalue weighted by molar-refractivity contribution is -0.141. The Bertz CT molecular complexity index is 2540. The van der Waals surface area contributed by atoms with Crippen LogP contribution in [-0.2, 0) is 32.0 Å². The fourth-order valence-electron chi connectivity index (χ4n) is 7.99. The number of carbonyl (C=O) groups is 5. The van der Waals surface area contributed by atoms with Gasteiger partial charge in [0.2, 0.25) is 23.6 Å². The van der Waals surface area contributed by atoms with Gasteiger partial charge >= 0.3 is 0 Å². The molecule has 10 N–H and O–H groups in total. The maximum absolute atomic E-state index is 14.7. The minimum absolute atomic E-state index is 0.000379. The van der Waals surface area contributed by atoms with Crippen LogP contribution in [0.1, 0.15) is 72.4 Å². The summed E-state index contributed by atoms with van der Waals surface area (Å²) in [4.78, 5) is 80.7. The molecule has 0 saturated carbocycles. The van der Waals surface area contributed by atoms with Crippen LogP contribution in [0.5, 0.6) is 17.2 Å². The van der Waals surface area contributed by atoms with Crippen LogP contribution in [0.3, 0.4) is 0 Å². The third-order valence-corrected chi connectivity index (χ3v) is 11.5. The zero-order valence-electron chi connectivity index (χ0n) is 38.4. The number of hydrogen-bond acceptors (Lipinski definition) is 14. The van der Waals surface area contributed by atoms with Crippen molar-refractivity contribution in [2.45, 2.75) is 83.1 Å². The molecule has 5 amide bonds. The standard InChI is InChI=1S/C48H59N11O8/c1-27-35(26-54-42(55-27)32-8-10-38-30(24-32)12-14-48(3,4)67-38)44(61)57-36(13-15-49)47(64)59(5)41-31-7-11-40(66-21-18-52)34(25-31)33-22-29(6-9-39(33)65-20-17-51)23-37(45(62)53-19-16-50)58-43(60)28(2)56-46(41)63/h6-11,22,24-26,28,36-37,41H,12-15,17-21,23,49,51-52H2,1-5H3,(H,53,62)(H,56,63)(H,57,61)(H,58,60)/t28-,36-,37-,41-/m0/s1. The first-order valence-electron chi connectivity index (χ1n) is 22.2. The average molecular weight is 918 g/mol. The Hall–Kier alpha value is -7.14. The van der Waals surface area contributed by atoms with E-state index in [1.54, 1.807) is 43.3 Å². The zero-order valence-corrected chi connectivity index (χ0v) is 38.4. The molecule has 0 unspecified atom stereocenters. The summed E-state index contributed by atoms with van der Waals surface area (Å²) < 4.78 is 18.3. The Morgan fingerprint density at radius 2 is 1.67 bits per heavy atom. The molecule has 2 aliphatic heterocycles. The molecule has 0 fully saturated rings. The van der Waals surface area contributed by atoms with Crippen molar-refractivity contribution in [1.29, 1.82) is 5.26 Å². The molecule has 0 radical (unpaired) electrons. The molecule has 19 heteroatoms. The van der Waals surface area contributed by atoms with Gasteiger partial charge in [0, 0.05) is 49.4 Å². The lowest BCUT2D eigenvalue weighted by atomic mass is 9.93. The van der Waals surface area contributed by atoms with E-state index in [2.05, 4.69) is 45.1 Å². The van der Waals surface area contributed by atoms with Crippen molar-refractivity contribution < 1.29 is 38.2 Å². The number of nitrogens with two attached hydrogens (primary N) is 3. The fourth-order valence-corrected chi connectivity index (χ4v) is 7.99. The van der Waals surface area contributed by atoms with Gasteiger partial charge in [0.1, 0.15) is 66.8 Å². The van der Waals surface area contributed by atoms with Crippen molar-refractivity contribution in [2.24, 2.45) is 17.2 Å². The first-order chi connectivity index (χ1) is 32.1. The van der Waals surface area contributed by atoms with E-state index in [4.69, 9.17) is 31.4 Å². The van der Waals surface area contributed by atoms with E-state index in [0.717, 1.165) is 29.7 Å². The van der Waals surface area contributed by atoms with Crippen molar-refractivity contribution in [2.75, 3.05) is 46.4 Å². The molecule has 1 aromatic heterocycles. The summed E-state index contributed by atoms with van der Waals surface area (Å²) in [6, 6.07) is 12.8. The second-order valence-electron chi connectivity index (χ2n) is 17.1. The number of nitrogens with zero attached hydrogens (tertiary/aromatic N) is 4. The molecule has 6 rings (SSSR count). The molecule has 0 spiro atoms. The van der Waals surface area contributed by atoms with Crippen LogP contribution in [0.15, 0.2) is 60.8 Å². The summed E-state index contributed by atoms with van der Waals surface area (Å²) in [7, 11) is 1.41. The van der Waals surface area contributed by atoms with Gasteiger partial charge in [-0.3, -0.25) is 24.0 Å². The van der Waals surface area contributed by atoms with Crippen molar-refractivity contribution >= 4 is 29.5 Å². The number of nitriles is 1. The lowest BCUT2D eigenvalue weighted by Crippen LogP contribution is -2.56. The van der Waals surface area contributed by atoms with Crippen LogP contribution in [0.25, 0.3) is 22.5 Å². The maximum Gasteiger partial charge on any atom is 0.255 e. The Balaban J connectivity index is 1.36. The van der Waals surface area contributed by atoms with E-state index in [-0.39, 0.29) is 63.4 Å². The SMILES string of the molecule is Cc1nc(-c2ccc3c(c2)CCC(C)(C)O3)ncc1C(=O)N[C@@H](CCN)C(=O)N(C)[C@@H]1C(=O)N[C@@H](C)C(=O)N[C@H](C(=O)NCC#N)Cc2ccc(OCCN)c(c2)-c2cc1ccc2OCCN. The number of carbonyl (C=O) groups excluding carboxylic acids is 5. The van der Waals surface area contributed by atoms with Crippen LogP contribution < -0.4 is 52.7 Å². The fraction of sp³-hybridized carbons (Fsp3) is 0.417. The molecule has 2 aliphatic rings. The highest BCUT2D eigenvalue weighted by atomic mass is 16.5. The Labute approximate surface area is 389 Å². The van der Waals surface area contributed by atoms with Gasteiger partial charge in [0.05, 0.1) is 17.3 Å². The van der Waals surface area contributed by atoms with Gasteiger partial charge in [-0.2, -0.15) is 5.26 Å². The van der Waals surface area contributed by atoms with Gasteiger partial charge in [-0.1, -0.05) is 12.1 Å². The normalized spacial score (nSPS) is 18.0. The number of rotatable bonds is 15. The molecule has 354 valence electrons. The first kappa shape index (κ1) is 49.3. The largest absolute Gasteiger partial charge is 0.492 e. The quantitative estimate of drug-likeness (QED) is 0.0837. The molecule has 4 aromatic rings. The number of aromatic nitrogens is 2. The molecular weight excluding hydrogens is 859 g/mol. The second-order valence-corrected chi connectivity index (χ2v) is 17.1. The molecule has 67 heavy (non-hydrogen) atoms. The summed E-state index contributed by atoms with van der Waals surface area (Å²) >= 11 is 0. The van der Waals surface area contributed by atoms with Crippen molar-refractivity contribution in [1.82, 2.24) is 36.1 Å². The monoisotopic (exact) mass is 917 g/mol. The molecule has 4 bridgehead atoms. The lowest BCUT2D eigenvalue weighted by Gasteiger charge is -2.32. The van der Waals surface area contributed by atoms with Gasteiger partial charge in [0.15, 0.2) is 5.82 Å². The van der Waals surface area contributed by atoms with Crippen molar-refractivity contribution in [3.8, 4) is 45.8 Å².